The smallest absolute Gasteiger partial charge is 0.297 e. The van der Waals surface area contributed by atoms with Gasteiger partial charge >= 0.3 is 0 Å². The second-order valence-electron chi connectivity index (χ2n) is 9.61. The summed E-state index contributed by atoms with van der Waals surface area (Å²) in [6.45, 7) is 9.59. The summed E-state index contributed by atoms with van der Waals surface area (Å²) in [5, 5.41) is 9.26. The number of aliphatic hydroxyl groups excluding tert-OH is 1. The van der Waals surface area contributed by atoms with E-state index in [0.29, 0.717) is 26.2 Å². The molecular formula is C28H48O9S. The van der Waals surface area contributed by atoms with Crippen LogP contribution in [0.4, 0.5) is 0 Å². The van der Waals surface area contributed by atoms with Crippen LogP contribution in [0.25, 0.3) is 0 Å². The molecule has 1 aromatic rings. The zero-order chi connectivity index (χ0) is 27.8. The summed E-state index contributed by atoms with van der Waals surface area (Å²) >= 11 is 0. The normalized spacial score (nSPS) is 24.1. The second kappa shape index (κ2) is 18.3. The molecule has 0 aromatic heterocycles. The van der Waals surface area contributed by atoms with Crippen LogP contribution in [-0.4, -0.2) is 83.9 Å². The molecule has 1 fully saturated rings. The summed E-state index contributed by atoms with van der Waals surface area (Å²) in [6.07, 6.45) is 2.54. The predicted molar refractivity (Wildman–Crippen MR) is 145 cm³/mol. The van der Waals surface area contributed by atoms with E-state index in [2.05, 4.69) is 20.8 Å². The van der Waals surface area contributed by atoms with E-state index in [1.165, 1.54) is 12.1 Å². The van der Waals surface area contributed by atoms with Crippen molar-refractivity contribution in [2.24, 2.45) is 0 Å². The Morgan fingerprint density at radius 3 is 1.84 bits per heavy atom. The van der Waals surface area contributed by atoms with Crippen molar-refractivity contribution in [1.82, 2.24) is 0 Å². The number of unbranched alkanes of at least 4 members (excludes halogenated alkanes) is 3. The number of rotatable bonds is 20. The first-order chi connectivity index (χ1) is 18.4. The van der Waals surface area contributed by atoms with E-state index in [1.54, 1.807) is 12.1 Å². The van der Waals surface area contributed by atoms with Gasteiger partial charge in [-0.05, 0) is 44.7 Å². The van der Waals surface area contributed by atoms with Crippen molar-refractivity contribution in [1.29, 1.82) is 0 Å². The van der Waals surface area contributed by atoms with E-state index in [0.717, 1.165) is 44.1 Å². The maximum atomic E-state index is 12.9. The van der Waals surface area contributed by atoms with Gasteiger partial charge < -0.3 is 28.8 Å². The number of benzene rings is 1. The zero-order valence-corrected chi connectivity index (χ0v) is 24.3. The number of ether oxygens (including phenoxy) is 5. The fraction of sp³-hybridized carbons (Fsp3) is 0.786. The van der Waals surface area contributed by atoms with Crippen LogP contribution in [-0.2, 0) is 38.0 Å². The molecule has 1 aliphatic rings. The van der Waals surface area contributed by atoms with Gasteiger partial charge in [0.05, 0.1) is 18.1 Å². The van der Waals surface area contributed by atoms with E-state index in [9.17, 15) is 13.5 Å². The lowest BCUT2D eigenvalue weighted by Gasteiger charge is -2.45. The lowest BCUT2D eigenvalue weighted by molar-refractivity contribution is -0.321. The molecule has 2 rings (SSSR count). The van der Waals surface area contributed by atoms with E-state index in [4.69, 9.17) is 27.9 Å². The third-order valence-electron chi connectivity index (χ3n) is 6.30. The van der Waals surface area contributed by atoms with Crippen molar-refractivity contribution in [3.63, 3.8) is 0 Å². The Kier molecular flexibility index (Phi) is 15.9. The van der Waals surface area contributed by atoms with Crippen LogP contribution in [0.15, 0.2) is 29.2 Å². The second-order valence-corrected chi connectivity index (χ2v) is 11.2. The molecule has 5 atom stereocenters. The Bertz CT molecular complexity index is 846. The van der Waals surface area contributed by atoms with E-state index >= 15 is 0 Å². The van der Waals surface area contributed by atoms with Crippen molar-refractivity contribution in [3.8, 4) is 0 Å². The minimum absolute atomic E-state index is 0.0193. The molecule has 1 heterocycles. The van der Waals surface area contributed by atoms with Gasteiger partial charge in [-0.1, -0.05) is 57.7 Å². The molecule has 0 bridgehead atoms. The lowest BCUT2D eigenvalue weighted by Crippen LogP contribution is -2.62. The molecule has 1 aliphatic heterocycles. The van der Waals surface area contributed by atoms with Crippen molar-refractivity contribution in [3.05, 3.63) is 29.8 Å². The summed E-state index contributed by atoms with van der Waals surface area (Å²) in [4.78, 5) is 0.0784. The maximum absolute atomic E-state index is 12.9. The van der Waals surface area contributed by atoms with E-state index < -0.39 is 40.8 Å². The Morgan fingerprint density at radius 2 is 1.29 bits per heavy atom. The molecular weight excluding hydrogens is 512 g/mol. The van der Waals surface area contributed by atoms with Crippen LogP contribution < -0.4 is 0 Å². The highest BCUT2D eigenvalue weighted by atomic mass is 32.2. The standard InChI is InChI=1S/C28H48O9S/c1-5-8-17-32-25-24(21-36-38(30,31)23-14-12-22(4)13-15-23)37-28(35-20-11-16-29)27(34-19-10-7-3)26(25)33-18-9-6-2/h12-15,24-29H,5-11,16-21H2,1-4H3. The van der Waals surface area contributed by atoms with Crippen LogP contribution in [0.2, 0.25) is 0 Å². The van der Waals surface area contributed by atoms with Crippen LogP contribution in [0.1, 0.15) is 71.3 Å². The van der Waals surface area contributed by atoms with Crippen molar-refractivity contribution in [2.45, 2.75) is 108 Å². The molecule has 220 valence electrons. The molecule has 1 aromatic carbocycles. The maximum Gasteiger partial charge on any atom is 0.297 e. The molecule has 0 radical (unpaired) electrons. The Balaban J connectivity index is 2.31. The molecule has 1 saturated heterocycles. The third kappa shape index (κ3) is 10.8. The van der Waals surface area contributed by atoms with Gasteiger partial charge in [0, 0.05) is 26.4 Å². The number of aliphatic hydroxyl groups is 1. The van der Waals surface area contributed by atoms with Crippen molar-refractivity contribution in [2.75, 3.05) is 39.6 Å². The van der Waals surface area contributed by atoms with Gasteiger partial charge in [-0.15, -0.1) is 0 Å². The average molecular weight is 561 g/mol. The van der Waals surface area contributed by atoms with Gasteiger partial charge in [0.1, 0.15) is 24.4 Å². The highest BCUT2D eigenvalue weighted by Gasteiger charge is 2.49. The summed E-state index contributed by atoms with van der Waals surface area (Å²) < 4.78 is 62.5. The zero-order valence-electron chi connectivity index (χ0n) is 23.5. The van der Waals surface area contributed by atoms with E-state index in [-0.39, 0.29) is 24.7 Å². The lowest BCUT2D eigenvalue weighted by atomic mass is 9.98. The molecule has 0 saturated carbocycles. The SMILES string of the molecule is CCCCOC1C(COS(=O)(=O)c2ccc(C)cc2)OC(OCCCO)C(OCCCC)C1OCCCC. The molecule has 1 N–H and O–H groups in total. The van der Waals surface area contributed by atoms with Crippen LogP contribution in [0, 0.1) is 6.92 Å². The summed E-state index contributed by atoms with van der Waals surface area (Å²) in [5.74, 6) is 0. The Labute approximate surface area is 229 Å². The van der Waals surface area contributed by atoms with E-state index in [1.807, 2.05) is 6.92 Å². The van der Waals surface area contributed by atoms with Crippen molar-refractivity contribution < 1.29 is 41.4 Å². The predicted octanol–water partition coefficient (Wildman–Crippen LogP) is 4.38. The molecule has 5 unspecified atom stereocenters. The first-order valence-corrected chi connectivity index (χ1v) is 15.5. The highest BCUT2D eigenvalue weighted by molar-refractivity contribution is 7.86. The minimum atomic E-state index is -4.01. The number of aryl methyl sites for hydroxylation is 1. The summed E-state index contributed by atoms with van der Waals surface area (Å²) in [6, 6.07) is 6.50. The fourth-order valence-electron chi connectivity index (χ4n) is 4.00. The van der Waals surface area contributed by atoms with Crippen LogP contribution >= 0.6 is 0 Å². The molecule has 0 spiro atoms. The quantitative estimate of drug-likeness (QED) is 0.183. The highest BCUT2D eigenvalue weighted by Crippen LogP contribution is 2.31. The van der Waals surface area contributed by atoms with Crippen molar-refractivity contribution >= 4 is 10.1 Å². The topological polar surface area (TPSA) is 110 Å². The molecule has 0 aliphatic carbocycles. The minimum Gasteiger partial charge on any atom is -0.396 e. The van der Waals surface area contributed by atoms with Gasteiger partial charge in [-0.25, -0.2) is 0 Å². The average Bonchev–Trinajstić information content (AvgIpc) is 2.90. The molecule has 0 amide bonds. The monoisotopic (exact) mass is 560 g/mol. The van der Waals surface area contributed by atoms with Crippen LogP contribution in [0.3, 0.4) is 0 Å². The van der Waals surface area contributed by atoms with Gasteiger partial charge in [0.15, 0.2) is 6.29 Å². The first kappa shape index (κ1) is 33.1. The first-order valence-electron chi connectivity index (χ1n) is 14.1. The van der Waals surface area contributed by atoms with Gasteiger partial charge in [0.25, 0.3) is 10.1 Å². The Morgan fingerprint density at radius 1 is 0.763 bits per heavy atom. The van der Waals surface area contributed by atoms with Gasteiger partial charge in [-0.3, -0.25) is 4.18 Å². The largest absolute Gasteiger partial charge is 0.396 e. The van der Waals surface area contributed by atoms with Gasteiger partial charge in [0.2, 0.25) is 0 Å². The fourth-order valence-corrected chi connectivity index (χ4v) is 4.92. The molecule has 9 nitrogen and oxygen atoms in total. The Hall–Kier alpha value is -1.11. The molecule has 38 heavy (non-hydrogen) atoms. The summed E-state index contributed by atoms with van der Waals surface area (Å²) in [5.41, 5.74) is 0.952. The number of hydrogen-bond acceptors (Lipinski definition) is 9. The number of hydrogen-bond donors (Lipinski definition) is 1. The van der Waals surface area contributed by atoms with Crippen LogP contribution in [0.5, 0.6) is 0 Å². The van der Waals surface area contributed by atoms with Gasteiger partial charge in [-0.2, -0.15) is 8.42 Å². The summed E-state index contributed by atoms with van der Waals surface area (Å²) in [7, 11) is -4.01. The third-order valence-corrected chi connectivity index (χ3v) is 7.59. The molecule has 10 heteroatoms.